The second-order valence-electron chi connectivity index (χ2n) is 3.81. The first-order valence-corrected chi connectivity index (χ1v) is 5.79. The van der Waals surface area contributed by atoms with E-state index in [1.165, 1.54) is 31.4 Å². The van der Waals surface area contributed by atoms with E-state index in [2.05, 4.69) is 0 Å². The lowest BCUT2D eigenvalue weighted by molar-refractivity contribution is 0.115. The highest BCUT2D eigenvalue weighted by molar-refractivity contribution is 7.99. The molecule has 2 aliphatic rings. The van der Waals surface area contributed by atoms with Gasteiger partial charge in [-0.2, -0.15) is 11.8 Å². The Hall–Kier alpha value is 0.310. The van der Waals surface area contributed by atoms with Gasteiger partial charge in [0.05, 0.1) is 6.10 Å². The number of hydrogen-bond acceptors (Lipinski definition) is 2. The molecule has 0 aromatic rings. The van der Waals surface area contributed by atoms with Crippen molar-refractivity contribution >= 4 is 11.8 Å². The van der Waals surface area contributed by atoms with Crippen LogP contribution < -0.4 is 0 Å². The molecule has 0 aromatic carbocycles. The van der Waals surface area contributed by atoms with Gasteiger partial charge in [0.15, 0.2) is 0 Å². The summed E-state index contributed by atoms with van der Waals surface area (Å²) in [4.78, 5) is 0. The number of hydrogen-bond donors (Lipinski definition) is 1. The molecular weight excluding hydrogens is 156 g/mol. The fourth-order valence-corrected chi connectivity index (χ4v) is 3.79. The van der Waals surface area contributed by atoms with Crippen LogP contribution in [-0.2, 0) is 0 Å². The van der Waals surface area contributed by atoms with Crippen molar-refractivity contribution in [3.8, 4) is 0 Å². The van der Waals surface area contributed by atoms with Gasteiger partial charge in [0, 0.05) is 5.75 Å². The molecule has 0 aromatic heterocycles. The van der Waals surface area contributed by atoms with Gasteiger partial charge in [-0.3, -0.25) is 0 Å². The molecule has 1 aliphatic heterocycles. The Kier molecular flexibility index (Phi) is 2.42. The van der Waals surface area contributed by atoms with Gasteiger partial charge in [-0.1, -0.05) is 25.7 Å². The lowest BCUT2D eigenvalue weighted by Crippen LogP contribution is -2.24. The Morgan fingerprint density at radius 1 is 1.09 bits per heavy atom. The maximum absolute atomic E-state index is 9.63. The molecule has 2 rings (SSSR count). The first kappa shape index (κ1) is 7.93. The number of rotatable bonds is 1. The standard InChI is InChI=1S/C9H16OS/c10-9-6-11-5-8(9)7-3-1-2-4-7/h7-10H,1-6H2. The van der Waals surface area contributed by atoms with Crippen molar-refractivity contribution in [2.24, 2.45) is 11.8 Å². The molecule has 1 nitrogen and oxygen atoms in total. The molecule has 0 bridgehead atoms. The van der Waals surface area contributed by atoms with Crippen LogP contribution in [0.25, 0.3) is 0 Å². The lowest BCUT2D eigenvalue weighted by Gasteiger charge is -2.20. The third kappa shape index (κ3) is 1.57. The van der Waals surface area contributed by atoms with Crippen LogP contribution in [0.15, 0.2) is 0 Å². The molecule has 1 aliphatic carbocycles. The van der Waals surface area contributed by atoms with Gasteiger partial charge in [-0.05, 0) is 17.6 Å². The maximum atomic E-state index is 9.63. The minimum absolute atomic E-state index is 0.0168. The second-order valence-corrected chi connectivity index (χ2v) is 4.89. The normalized spacial score (nSPS) is 40.1. The van der Waals surface area contributed by atoms with Gasteiger partial charge < -0.3 is 5.11 Å². The highest BCUT2D eigenvalue weighted by Crippen LogP contribution is 2.38. The summed E-state index contributed by atoms with van der Waals surface area (Å²) in [5, 5.41) is 9.63. The highest BCUT2D eigenvalue weighted by Gasteiger charge is 2.33. The fourth-order valence-electron chi connectivity index (χ4n) is 2.40. The molecule has 0 amide bonds. The summed E-state index contributed by atoms with van der Waals surface area (Å²) in [6.07, 6.45) is 5.57. The third-order valence-electron chi connectivity index (χ3n) is 3.10. The molecule has 1 N–H and O–H groups in total. The van der Waals surface area contributed by atoms with Crippen LogP contribution in [0.4, 0.5) is 0 Å². The molecule has 0 spiro atoms. The van der Waals surface area contributed by atoms with Crippen molar-refractivity contribution in [3.05, 3.63) is 0 Å². The van der Waals surface area contributed by atoms with Crippen molar-refractivity contribution in [1.29, 1.82) is 0 Å². The van der Waals surface area contributed by atoms with Crippen molar-refractivity contribution in [2.75, 3.05) is 11.5 Å². The monoisotopic (exact) mass is 172 g/mol. The van der Waals surface area contributed by atoms with Crippen LogP contribution in [0, 0.1) is 11.8 Å². The first-order valence-electron chi connectivity index (χ1n) is 4.64. The van der Waals surface area contributed by atoms with E-state index in [0.717, 1.165) is 11.7 Å². The van der Waals surface area contributed by atoms with E-state index in [1.807, 2.05) is 11.8 Å². The summed E-state index contributed by atoms with van der Waals surface area (Å²) in [5.41, 5.74) is 0. The van der Waals surface area contributed by atoms with Crippen molar-refractivity contribution in [2.45, 2.75) is 31.8 Å². The van der Waals surface area contributed by atoms with E-state index in [9.17, 15) is 5.11 Å². The summed E-state index contributed by atoms with van der Waals surface area (Å²) in [6.45, 7) is 0. The summed E-state index contributed by atoms with van der Waals surface area (Å²) >= 11 is 1.93. The molecule has 1 heterocycles. The fraction of sp³-hybridized carbons (Fsp3) is 1.00. The van der Waals surface area contributed by atoms with Crippen LogP contribution in [0.5, 0.6) is 0 Å². The van der Waals surface area contributed by atoms with Gasteiger partial charge in [-0.25, -0.2) is 0 Å². The van der Waals surface area contributed by atoms with E-state index in [1.54, 1.807) is 0 Å². The molecule has 64 valence electrons. The Morgan fingerprint density at radius 2 is 1.82 bits per heavy atom. The Labute approximate surface area is 72.6 Å². The SMILES string of the molecule is OC1CSCC1C1CCCC1. The summed E-state index contributed by atoms with van der Waals surface area (Å²) in [7, 11) is 0. The van der Waals surface area contributed by atoms with Crippen LogP contribution >= 0.6 is 11.8 Å². The lowest BCUT2D eigenvalue weighted by atomic mass is 9.89. The molecule has 2 unspecified atom stereocenters. The van der Waals surface area contributed by atoms with Crippen LogP contribution in [0.2, 0.25) is 0 Å². The second kappa shape index (κ2) is 3.36. The van der Waals surface area contributed by atoms with E-state index >= 15 is 0 Å². The number of aliphatic hydroxyl groups is 1. The summed E-state index contributed by atoms with van der Waals surface area (Å²) in [5.74, 6) is 3.70. The van der Waals surface area contributed by atoms with Crippen molar-refractivity contribution in [3.63, 3.8) is 0 Å². The largest absolute Gasteiger partial charge is 0.392 e. The number of thioether (sulfide) groups is 1. The van der Waals surface area contributed by atoms with E-state index in [0.29, 0.717) is 5.92 Å². The predicted octanol–water partition coefficient (Wildman–Crippen LogP) is 1.90. The summed E-state index contributed by atoms with van der Waals surface area (Å²) < 4.78 is 0. The molecule has 0 radical (unpaired) electrons. The van der Waals surface area contributed by atoms with Gasteiger partial charge in [0.25, 0.3) is 0 Å². The minimum atomic E-state index is 0.0168. The van der Waals surface area contributed by atoms with Gasteiger partial charge in [0.1, 0.15) is 0 Å². The van der Waals surface area contributed by atoms with E-state index in [-0.39, 0.29) is 6.10 Å². The highest BCUT2D eigenvalue weighted by atomic mass is 32.2. The topological polar surface area (TPSA) is 20.2 Å². The third-order valence-corrected chi connectivity index (χ3v) is 4.30. The Bertz CT molecular complexity index is 132. The predicted molar refractivity (Wildman–Crippen MR) is 48.8 cm³/mol. The van der Waals surface area contributed by atoms with Crippen LogP contribution in [-0.4, -0.2) is 22.7 Å². The zero-order valence-electron chi connectivity index (χ0n) is 6.83. The first-order chi connectivity index (χ1) is 5.38. The molecular formula is C9H16OS. The van der Waals surface area contributed by atoms with Crippen LogP contribution in [0.1, 0.15) is 25.7 Å². The average Bonchev–Trinajstić information content (AvgIpc) is 2.55. The number of aliphatic hydroxyl groups excluding tert-OH is 1. The molecule has 11 heavy (non-hydrogen) atoms. The molecule has 1 saturated carbocycles. The average molecular weight is 172 g/mol. The van der Waals surface area contributed by atoms with Crippen molar-refractivity contribution < 1.29 is 5.11 Å². The van der Waals surface area contributed by atoms with Gasteiger partial charge in [0.2, 0.25) is 0 Å². The molecule has 1 saturated heterocycles. The van der Waals surface area contributed by atoms with Gasteiger partial charge in [-0.15, -0.1) is 0 Å². The smallest absolute Gasteiger partial charge is 0.0669 e. The van der Waals surface area contributed by atoms with Gasteiger partial charge >= 0.3 is 0 Å². The van der Waals surface area contributed by atoms with Crippen molar-refractivity contribution in [1.82, 2.24) is 0 Å². The quantitative estimate of drug-likeness (QED) is 0.652. The Morgan fingerprint density at radius 3 is 2.36 bits per heavy atom. The zero-order chi connectivity index (χ0) is 7.68. The molecule has 2 heteroatoms. The molecule has 2 fully saturated rings. The maximum Gasteiger partial charge on any atom is 0.0669 e. The van der Waals surface area contributed by atoms with E-state index in [4.69, 9.17) is 0 Å². The van der Waals surface area contributed by atoms with Crippen LogP contribution in [0.3, 0.4) is 0 Å². The Balaban J connectivity index is 1.92. The summed E-state index contributed by atoms with van der Waals surface area (Å²) in [6, 6.07) is 0. The molecule has 2 atom stereocenters. The van der Waals surface area contributed by atoms with E-state index < -0.39 is 0 Å². The minimum Gasteiger partial charge on any atom is -0.392 e. The zero-order valence-corrected chi connectivity index (χ0v) is 7.65.